The Morgan fingerprint density at radius 1 is 1.27 bits per heavy atom. The SMILES string of the molecule is CC(C)(C)OC(=O)NC(CC1CCNCC1)c1ccccc1. The molecule has 1 aliphatic heterocycles. The number of amides is 1. The zero-order chi connectivity index (χ0) is 16.0. The first kappa shape index (κ1) is 16.8. The average molecular weight is 304 g/mol. The molecule has 0 radical (unpaired) electrons. The molecule has 1 aromatic rings. The molecule has 0 spiro atoms. The van der Waals surface area contributed by atoms with Gasteiger partial charge >= 0.3 is 6.09 Å². The fraction of sp³-hybridized carbons (Fsp3) is 0.611. The first-order chi connectivity index (χ1) is 10.4. The Balaban J connectivity index is 2.03. The zero-order valence-electron chi connectivity index (χ0n) is 13.9. The van der Waals surface area contributed by atoms with E-state index in [1.807, 2.05) is 39.0 Å². The normalized spacial score (nSPS) is 17.8. The maximum atomic E-state index is 12.1. The van der Waals surface area contributed by atoms with E-state index in [2.05, 4.69) is 22.8 Å². The maximum Gasteiger partial charge on any atom is 0.408 e. The highest BCUT2D eigenvalue weighted by molar-refractivity contribution is 5.68. The molecule has 1 saturated heterocycles. The van der Waals surface area contributed by atoms with Gasteiger partial charge in [0, 0.05) is 0 Å². The molecule has 1 aliphatic rings. The molecule has 2 N–H and O–H groups in total. The van der Waals surface area contributed by atoms with Gasteiger partial charge < -0.3 is 15.4 Å². The largest absolute Gasteiger partial charge is 0.444 e. The topological polar surface area (TPSA) is 50.4 Å². The average Bonchev–Trinajstić information content (AvgIpc) is 2.47. The summed E-state index contributed by atoms with van der Waals surface area (Å²) >= 11 is 0. The van der Waals surface area contributed by atoms with Crippen molar-refractivity contribution in [3.05, 3.63) is 35.9 Å². The summed E-state index contributed by atoms with van der Waals surface area (Å²) in [6.07, 6.45) is 2.96. The minimum absolute atomic E-state index is 0.0131. The van der Waals surface area contributed by atoms with Crippen molar-refractivity contribution in [1.29, 1.82) is 0 Å². The highest BCUT2D eigenvalue weighted by Gasteiger charge is 2.24. The van der Waals surface area contributed by atoms with Crippen molar-refractivity contribution in [3.8, 4) is 0 Å². The minimum Gasteiger partial charge on any atom is -0.444 e. The van der Waals surface area contributed by atoms with Crippen LogP contribution in [0.4, 0.5) is 4.79 Å². The molecule has 0 saturated carbocycles. The molecule has 1 heterocycles. The number of piperidine rings is 1. The van der Waals surface area contributed by atoms with E-state index in [-0.39, 0.29) is 12.1 Å². The number of ether oxygens (including phenoxy) is 1. The van der Waals surface area contributed by atoms with Crippen molar-refractivity contribution < 1.29 is 9.53 Å². The Bertz CT molecular complexity index is 462. The van der Waals surface area contributed by atoms with Gasteiger partial charge in [-0.05, 0) is 64.6 Å². The number of hydrogen-bond donors (Lipinski definition) is 2. The first-order valence-electron chi connectivity index (χ1n) is 8.19. The summed E-state index contributed by atoms with van der Waals surface area (Å²) in [5, 5.41) is 6.44. The Labute approximate surface area is 133 Å². The van der Waals surface area contributed by atoms with Crippen molar-refractivity contribution in [2.24, 2.45) is 5.92 Å². The lowest BCUT2D eigenvalue weighted by Crippen LogP contribution is -2.37. The number of carbonyl (C=O) groups excluding carboxylic acids is 1. The van der Waals surface area contributed by atoms with E-state index in [0.717, 1.165) is 25.1 Å². The summed E-state index contributed by atoms with van der Waals surface area (Å²) in [4.78, 5) is 12.1. The summed E-state index contributed by atoms with van der Waals surface area (Å²) in [6, 6.07) is 10.2. The molecule has 0 aromatic heterocycles. The van der Waals surface area contributed by atoms with Gasteiger partial charge in [0.1, 0.15) is 5.60 Å². The Kier molecular flexibility index (Phi) is 5.83. The van der Waals surface area contributed by atoms with Crippen LogP contribution in [0, 0.1) is 5.92 Å². The fourth-order valence-electron chi connectivity index (χ4n) is 2.86. The van der Waals surface area contributed by atoms with E-state index in [0.29, 0.717) is 5.92 Å². The predicted molar refractivity (Wildman–Crippen MR) is 88.8 cm³/mol. The third-order valence-electron chi connectivity index (χ3n) is 3.92. The number of carbonyl (C=O) groups is 1. The molecule has 4 nitrogen and oxygen atoms in total. The quantitative estimate of drug-likeness (QED) is 0.893. The molecular weight excluding hydrogens is 276 g/mol. The van der Waals surface area contributed by atoms with E-state index in [9.17, 15) is 4.79 Å². The lowest BCUT2D eigenvalue weighted by molar-refractivity contribution is 0.0494. The number of hydrogen-bond acceptors (Lipinski definition) is 3. The van der Waals surface area contributed by atoms with Crippen LogP contribution < -0.4 is 10.6 Å². The lowest BCUT2D eigenvalue weighted by Gasteiger charge is -2.29. The number of benzene rings is 1. The van der Waals surface area contributed by atoms with E-state index < -0.39 is 5.60 Å². The van der Waals surface area contributed by atoms with Crippen LogP contribution in [0.15, 0.2) is 30.3 Å². The third kappa shape index (κ3) is 5.68. The summed E-state index contributed by atoms with van der Waals surface area (Å²) < 4.78 is 5.42. The molecule has 0 aliphatic carbocycles. The fourth-order valence-corrected chi connectivity index (χ4v) is 2.86. The van der Waals surface area contributed by atoms with Gasteiger partial charge in [0.15, 0.2) is 0 Å². The van der Waals surface area contributed by atoms with E-state index in [1.165, 1.54) is 12.8 Å². The molecule has 1 atom stereocenters. The van der Waals surface area contributed by atoms with Gasteiger partial charge in [0.2, 0.25) is 0 Å². The van der Waals surface area contributed by atoms with Crippen molar-refractivity contribution in [1.82, 2.24) is 10.6 Å². The van der Waals surface area contributed by atoms with E-state index >= 15 is 0 Å². The number of rotatable bonds is 4. The Morgan fingerprint density at radius 2 is 1.91 bits per heavy atom. The summed E-state index contributed by atoms with van der Waals surface area (Å²) in [5.41, 5.74) is 0.673. The van der Waals surface area contributed by atoms with Crippen molar-refractivity contribution in [2.75, 3.05) is 13.1 Å². The predicted octanol–water partition coefficient (Wildman–Crippen LogP) is 3.64. The van der Waals surface area contributed by atoms with Crippen LogP contribution in [0.25, 0.3) is 0 Å². The van der Waals surface area contributed by atoms with Gasteiger partial charge in [-0.15, -0.1) is 0 Å². The molecule has 1 amide bonds. The van der Waals surface area contributed by atoms with E-state index in [4.69, 9.17) is 4.74 Å². The van der Waals surface area contributed by atoms with Crippen LogP contribution in [0.2, 0.25) is 0 Å². The van der Waals surface area contributed by atoms with Crippen molar-refractivity contribution >= 4 is 6.09 Å². The smallest absolute Gasteiger partial charge is 0.408 e. The molecule has 2 rings (SSSR count). The monoisotopic (exact) mass is 304 g/mol. The van der Waals surface area contributed by atoms with Gasteiger partial charge in [-0.3, -0.25) is 0 Å². The van der Waals surface area contributed by atoms with Gasteiger partial charge in [-0.25, -0.2) is 4.79 Å². The second kappa shape index (κ2) is 7.63. The number of alkyl carbamates (subject to hydrolysis) is 1. The van der Waals surface area contributed by atoms with Gasteiger partial charge in [-0.2, -0.15) is 0 Å². The van der Waals surface area contributed by atoms with Crippen LogP contribution in [0.1, 0.15) is 51.6 Å². The second-order valence-electron chi connectivity index (χ2n) is 7.04. The van der Waals surface area contributed by atoms with Gasteiger partial charge in [0.05, 0.1) is 6.04 Å². The Hall–Kier alpha value is -1.55. The van der Waals surface area contributed by atoms with Crippen LogP contribution in [0.3, 0.4) is 0 Å². The molecule has 0 bridgehead atoms. The van der Waals surface area contributed by atoms with Crippen molar-refractivity contribution in [3.63, 3.8) is 0 Å². The Morgan fingerprint density at radius 3 is 2.50 bits per heavy atom. The molecule has 1 unspecified atom stereocenters. The van der Waals surface area contributed by atoms with Crippen LogP contribution in [-0.2, 0) is 4.74 Å². The molecule has 22 heavy (non-hydrogen) atoms. The van der Waals surface area contributed by atoms with Crippen LogP contribution in [-0.4, -0.2) is 24.8 Å². The molecular formula is C18H28N2O2. The van der Waals surface area contributed by atoms with Crippen molar-refractivity contribution in [2.45, 2.75) is 51.7 Å². The number of nitrogens with one attached hydrogen (secondary N) is 2. The standard InChI is InChI=1S/C18H28N2O2/c1-18(2,3)22-17(21)20-16(15-7-5-4-6-8-15)13-14-9-11-19-12-10-14/h4-8,14,16,19H,9-13H2,1-3H3,(H,20,21). The molecule has 4 heteroatoms. The minimum atomic E-state index is -0.472. The molecule has 1 fully saturated rings. The highest BCUT2D eigenvalue weighted by Crippen LogP contribution is 2.27. The summed E-state index contributed by atoms with van der Waals surface area (Å²) in [6.45, 7) is 7.79. The molecule has 1 aromatic carbocycles. The summed E-state index contributed by atoms with van der Waals surface area (Å²) in [5.74, 6) is 0.640. The van der Waals surface area contributed by atoms with E-state index in [1.54, 1.807) is 0 Å². The highest BCUT2D eigenvalue weighted by atomic mass is 16.6. The third-order valence-corrected chi connectivity index (χ3v) is 3.92. The zero-order valence-corrected chi connectivity index (χ0v) is 13.9. The second-order valence-corrected chi connectivity index (χ2v) is 7.04. The summed E-state index contributed by atoms with van der Waals surface area (Å²) in [7, 11) is 0. The van der Waals surface area contributed by atoms with Crippen LogP contribution >= 0.6 is 0 Å². The van der Waals surface area contributed by atoms with Crippen LogP contribution in [0.5, 0.6) is 0 Å². The van der Waals surface area contributed by atoms with Gasteiger partial charge in [-0.1, -0.05) is 30.3 Å². The first-order valence-corrected chi connectivity index (χ1v) is 8.19. The van der Waals surface area contributed by atoms with Gasteiger partial charge in [0.25, 0.3) is 0 Å². The maximum absolute atomic E-state index is 12.1. The lowest BCUT2D eigenvalue weighted by atomic mass is 9.88. The molecule has 122 valence electrons.